The minimum absolute atomic E-state index is 0.0336. The zero-order valence-electron chi connectivity index (χ0n) is 16.3. The molecule has 0 bridgehead atoms. The molecular weight excluding hydrogens is 430 g/mol. The third kappa shape index (κ3) is 5.55. The molecule has 0 aliphatic heterocycles. The number of hydrogen-bond acceptors (Lipinski definition) is 3. The maximum atomic E-state index is 12.4. The van der Waals surface area contributed by atoms with Gasteiger partial charge in [-0.2, -0.15) is 0 Å². The van der Waals surface area contributed by atoms with Gasteiger partial charge in [0.1, 0.15) is 5.75 Å². The van der Waals surface area contributed by atoms with Gasteiger partial charge in [0.2, 0.25) is 5.91 Å². The molecule has 0 fully saturated rings. The zero-order chi connectivity index (χ0) is 20.8. The van der Waals surface area contributed by atoms with Crippen molar-refractivity contribution >= 4 is 33.5 Å². The number of carbonyl (C=O) groups excluding carboxylic acids is 2. The predicted octanol–water partition coefficient (Wildman–Crippen LogP) is 6.32. The first-order valence-electron chi connectivity index (χ1n) is 9.45. The Morgan fingerprint density at radius 2 is 1.45 bits per heavy atom. The molecule has 1 N–H and O–H groups in total. The van der Waals surface area contributed by atoms with Crippen LogP contribution in [0, 0.1) is 5.92 Å². The van der Waals surface area contributed by atoms with E-state index in [4.69, 9.17) is 4.74 Å². The summed E-state index contributed by atoms with van der Waals surface area (Å²) < 4.78 is 6.48. The number of halogens is 1. The number of benzene rings is 3. The summed E-state index contributed by atoms with van der Waals surface area (Å²) in [5.41, 5.74) is 3.20. The van der Waals surface area contributed by atoms with Crippen molar-refractivity contribution in [3.63, 3.8) is 0 Å². The zero-order valence-corrected chi connectivity index (χ0v) is 17.9. The summed E-state index contributed by atoms with van der Waals surface area (Å²) >= 11 is 3.43. The molecule has 1 amide bonds. The summed E-state index contributed by atoms with van der Waals surface area (Å²) in [6.07, 6.45) is 0.775. The van der Waals surface area contributed by atoms with Crippen molar-refractivity contribution in [2.45, 2.75) is 20.3 Å². The third-order valence-corrected chi connectivity index (χ3v) is 5.22. The molecule has 3 rings (SSSR count). The lowest BCUT2D eigenvalue weighted by atomic mass is 10.1. The van der Waals surface area contributed by atoms with E-state index in [1.165, 1.54) is 0 Å². The first kappa shape index (κ1) is 20.8. The number of carbonyl (C=O) groups is 2. The number of hydrogen-bond donors (Lipinski definition) is 1. The van der Waals surface area contributed by atoms with Gasteiger partial charge in [0, 0.05) is 16.1 Å². The first-order valence-corrected chi connectivity index (χ1v) is 10.2. The normalized spacial score (nSPS) is 11.6. The van der Waals surface area contributed by atoms with Crippen molar-refractivity contribution in [3.8, 4) is 16.9 Å². The Balaban J connectivity index is 1.62. The van der Waals surface area contributed by atoms with Crippen LogP contribution in [0.5, 0.6) is 5.75 Å². The molecule has 0 aliphatic carbocycles. The fourth-order valence-corrected chi connectivity index (χ4v) is 2.93. The van der Waals surface area contributed by atoms with Gasteiger partial charge < -0.3 is 10.1 Å². The monoisotopic (exact) mass is 451 g/mol. The second kappa shape index (κ2) is 9.52. The molecule has 0 saturated heterocycles. The summed E-state index contributed by atoms with van der Waals surface area (Å²) in [5.74, 6) is -0.0556. The van der Waals surface area contributed by atoms with E-state index in [0.717, 1.165) is 22.0 Å². The fraction of sp³-hybridized carbons (Fsp3) is 0.167. The highest BCUT2D eigenvalue weighted by Crippen LogP contribution is 2.24. The van der Waals surface area contributed by atoms with Gasteiger partial charge >= 0.3 is 5.97 Å². The van der Waals surface area contributed by atoms with Gasteiger partial charge in [0.15, 0.2) is 0 Å². The number of nitrogens with one attached hydrogen (secondary N) is 1. The summed E-state index contributed by atoms with van der Waals surface area (Å²) in [5, 5.41) is 2.84. The molecule has 4 nitrogen and oxygen atoms in total. The predicted molar refractivity (Wildman–Crippen MR) is 119 cm³/mol. The van der Waals surface area contributed by atoms with Crippen molar-refractivity contribution in [2.24, 2.45) is 5.92 Å². The quantitative estimate of drug-likeness (QED) is 0.352. The molecule has 1 unspecified atom stereocenters. The fourth-order valence-electron chi connectivity index (χ4n) is 2.66. The Hall–Kier alpha value is -2.92. The Morgan fingerprint density at radius 1 is 0.897 bits per heavy atom. The van der Waals surface area contributed by atoms with Gasteiger partial charge in [-0.3, -0.25) is 4.79 Å². The van der Waals surface area contributed by atoms with Crippen molar-refractivity contribution in [2.75, 3.05) is 5.32 Å². The standard InChI is InChI=1S/C24H22BrNO3/c1-3-16(2)23(27)26-21-12-6-19(7-13-21)24(28)29-22-14-8-18(9-15-22)17-4-10-20(25)11-5-17/h4-16H,3H2,1-2H3,(H,26,27). The van der Waals surface area contributed by atoms with Crippen LogP contribution in [0.25, 0.3) is 11.1 Å². The van der Waals surface area contributed by atoms with E-state index in [0.29, 0.717) is 17.0 Å². The minimum atomic E-state index is -0.443. The molecule has 0 heterocycles. The van der Waals surface area contributed by atoms with Gasteiger partial charge in [0.05, 0.1) is 5.56 Å². The van der Waals surface area contributed by atoms with Crippen LogP contribution in [0.2, 0.25) is 0 Å². The lowest BCUT2D eigenvalue weighted by Gasteiger charge is -2.10. The van der Waals surface area contributed by atoms with Crippen LogP contribution in [0.1, 0.15) is 30.6 Å². The van der Waals surface area contributed by atoms with Crippen molar-refractivity contribution in [1.82, 2.24) is 0 Å². The van der Waals surface area contributed by atoms with E-state index in [1.807, 2.05) is 50.2 Å². The highest BCUT2D eigenvalue weighted by atomic mass is 79.9. The number of esters is 1. The van der Waals surface area contributed by atoms with Crippen LogP contribution in [0.15, 0.2) is 77.3 Å². The average molecular weight is 452 g/mol. The first-order chi connectivity index (χ1) is 14.0. The second-order valence-electron chi connectivity index (χ2n) is 6.80. The molecule has 5 heteroatoms. The summed E-state index contributed by atoms with van der Waals surface area (Å²) in [6, 6.07) is 22.1. The molecule has 0 aromatic heterocycles. The van der Waals surface area contributed by atoms with Crippen molar-refractivity contribution in [1.29, 1.82) is 0 Å². The maximum Gasteiger partial charge on any atom is 0.343 e. The largest absolute Gasteiger partial charge is 0.423 e. The van der Waals surface area contributed by atoms with E-state index in [9.17, 15) is 9.59 Å². The third-order valence-electron chi connectivity index (χ3n) is 4.69. The van der Waals surface area contributed by atoms with Gasteiger partial charge in [0.25, 0.3) is 0 Å². The van der Waals surface area contributed by atoms with Gasteiger partial charge in [-0.15, -0.1) is 0 Å². The van der Waals surface area contributed by atoms with Crippen LogP contribution in [0.3, 0.4) is 0 Å². The van der Waals surface area contributed by atoms with Gasteiger partial charge in [-0.1, -0.05) is 54.0 Å². The number of amides is 1. The SMILES string of the molecule is CCC(C)C(=O)Nc1ccc(C(=O)Oc2ccc(-c3ccc(Br)cc3)cc2)cc1. The maximum absolute atomic E-state index is 12.4. The van der Waals surface area contributed by atoms with E-state index in [2.05, 4.69) is 21.2 Å². The smallest absolute Gasteiger partial charge is 0.343 e. The Morgan fingerprint density at radius 3 is 2.00 bits per heavy atom. The highest BCUT2D eigenvalue weighted by molar-refractivity contribution is 9.10. The molecule has 148 valence electrons. The molecule has 3 aromatic carbocycles. The molecule has 0 aliphatic rings. The van der Waals surface area contributed by atoms with Crippen molar-refractivity contribution < 1.29 is 14.3 Å². The molecule has 0 radical (unpaired) electrons. The lowest BCUT2D eigenvalue weighted by molar-refractivity contribution is -0.119. The molecule has 0 saturated carbocycles. The van der Waals surface area contributed by atoms with Crippen LogP contribution >= 0.6 is 15.9 Å². The van der Waals surface area contributed by atoms with Crippen LogP contribution in [0.4, 0.5) is 5.69 Å². The molecular formula is C24H22BrNO3. The Kier molecular flexibility index (Phi) is 6.83. The topological polar surface area (TPSA) is 55.4 Å². The summed E-state index contributed by atoms with van der Waals surface area (Å²) in [7, 11) is 0. The summed E-state index contributed by atoms with van der Waals surface area (Å²) in [4.78, 5) is 24.3. The van der Waals surface area contributed by atoms with Crippen molar-refractivity contribution in [3.05, 3.63) is 82.8 Å². The molecule has 1 atom stereocenters. The lowest BCUT2D eigenvalue weighted by Crippen LogP contribution is -2.19. The highest BCUT2D eigenvalue weighted by Gasteiger charge is 2.12. The number of anilines is 1. The van der Waals surface area contributed by atoms with E-state index in [1.54, 1.807) is 36.4 Å². The Bertz CT molecular complexity index is 980. The van der Waals surface area contributed by atoms with Gasteiger partial charge in [-0.05, 0) is 66.1 Å². The van der Waals surface area contributed by atoms with Gasteiger partial charge in [-0.25, -0.2) is 4.79 Å². The minimum Gasteiger partial charge on any atom is -0.423 e. The van der Waals surface area contributed by atoms with E-state index >= 15 is 0 Å². The van der Waals surface area contributed by atoms with Crippen LogP contribution in [-0.4, -0.2) is 11.9 Å². The number of rotatable bonds is 6. The van der Waals surface area contributed by atoms with E-state index in [-0.39, 0.29) is 11.8 Å². The van der Waals surface area contributed by atoms with E-state index < -0.39 is 5.97 Å². The van der Waals surface area contributed by atoms with Crippen LogP contribution < -0.4 is 10.1 Å². The Labute approximate surface area is 179 Å². The second-order valence-corrected chi connectivity index (χ2v) is 7.71. The number of ether oxygens (including phenoxy) is 1. The van der Waals surface area contributed by atoms with Crippen LogP contribution in [-0.2, 0) is 4.79 Å². The molecule has 3 aromatic rings. The summed E-state index contributed by atoms with van der Waals surface area (Å²) in [6.45, 7) is 3.85. The molecule has 0 spiro atoms. The molecule has 29 heavy (non-hydrogen) atoms. The average Bonchev–Trinajstić information content (AvgIpc) is 2.74.